The molecule has 0 radical (unpaired) electrons. The van der Waals surface area contributed by atoms with E-state index in [0.717, 1.165) is 22.4 Å². The Labute approximate surface area is 131 Å². The van der Waals surface area contributed by atoms with Gasteiger partial charge in [0, 0.05) is 10.3 Å². The molecule has 0 atom stereocenters. The average molecular weight is 310 g/mol. The lowest BCUT2D eigenvalue weighted by Crippen LogP contribution is -2.01. The predicted molar refractivity (Wildman–Crippen MR) is 86.8 cm³/mol. The van der Waals surface area contributed by atoms with E-state index in [9.17, 15) is 5.11 Å². The lowest BCUT2D eigenvalue weighted by atomic mass is 10.2. The third-order valence-corrected chi connectivity index (χ3v) is 4.44. The van der Waals surface area contributed by atoms with Gasteiger partial charge in [-0.3, -0.25) is 4.68 Å². The Hall–Kier alpha value is -2.37. The Morgan fingerprint density at radius 3 is 2.77 bits per heavy atom. The summed E-state index contributed by atoms with van der Waals surface area (Å²) in [5.41, 5.74) is 1.89. The van der Waals surface area contributed by atoms with Crippen molar-refractivity contribution >= 4 is 22.2 Å². The highest BCUT2D eigenvalue weighted by molar-refractivity contribution is 7.09. The number of aromatic nitrogens is 2. The zero-order chi connectivity index (χ0) is 14.9. The highest BCUT2D eigenvalue weighted by Gasteiger charge is 2.16. The van der Waals surface area contributed by atoms with Gasteiger partial charge in [-0.25, -0.2) is 0 Å². The molecule has 3 heterocycles. The van der Waals surface area contributed by atoms with Gasteiger partial charge in [-0.05, 0) is 29.6 Å². The fourth-order valence-corrected chi connectivity index (χ4v) is 3.28. The van der Waals surface area contributed by atoms with Crippen molar-refractivity contribution in [3.05, 3.63) is 64.5 Å². The predicted octanol–water partition coefficient (Wildman–Crippen LogP) is 3.90. The van der Waals surface area contributed by atoms with Crippen molar-refractivity contribution in [2.45, 2.75) is 13.2 Å². The normalized spacial score (nSPS) is 11.3. The number of rotatable bonds is 4. The van der Waals surface area contributed by atoms with E-state index in [1.165, 1.54) is 4.88 Å². The summed E-state index contributed by atoms with van der Waals surface area (Å²) in [5.74, 6) is 1.29. The maximum atomic E-state index is 9.22. The lowest BCUT2D eigenvalue weighted by molar-refractivity contribution is 0.248. The summed E-state index contributed by atoms with van der Waals surface area (Å²) in [6.07, 6.45) is 0. The maximum Gasteiger partial charge on any atom is 0.153 e. The summed E-state index contributed by atoms with van der Waals surface area (Å²) in [6.45, 7) is 0.605. The van der Waals surface area contributed by atoms with Crippen molar-refractivity contribution in [1.82, 2.24) is 9.78 Å². The number of furan rings is 1. The zero-order valence-corrected chi connectivity index (χ0v) is 12.6. The van der Waals surface area contributed by atoms with Crippen LogP contribution in [0.25, 0.3) is 22.4 Å². The molecule has 0 amide bonds. The van der Waals surface area contributed by atoms with E-state index in [0.29, 0.717) is 12.3 Å². The highest BCUT2D eigenvalue weighted by atomic mass is 32.1. The maximum absolute atomic E-state index is 9.22. The van der Waals surface area contributed by atoms with Crippen LogP contribution in [0.15, 0.2) is 58.3 Å². The minimum Gasteiger partial charge on any atom is -0.457 e. The third kappa shape index (κ3) is 2.24. The molecule has 1 aromatic carbocycles. The first-order valence-corrected chi connectivity index (χ1v) is 7.91. The quantitative estimate of drug-likeness (QED) is 0.622. The van der Waals surface area contributed by atoms with Crippen LogP contribution >= 0.6 is 11.3 Å². The molecule has 110 valence electrons. The molecule has 5 heteroatoms. The summed E-state index contributed by atoms with van der Waals surface area (Å²) < 4.78 is 7.71. The van der Waals surface area contributed by atoms with Crippen LogP contribution in [0.5, 0.6) is 0 Å². The van der Waals surface area contributed by atoms with Gasteiger partial charge in [-0.15, -0.1) is 11.3 Å². The minimum atomic E-state index is -0.100. The number of aliphatic hydroxyl groups excluding tert-OH is 1. The molecule has 0 unspecified atom stereocenters. The van der Waals surface area contributed by atoms with Crippen LogP contribution < -0.4 is 0 Å². The van der Waals surface area contributed by atoms with Gasteiger partial charge in [0.15, 0.2) is 5.76 Å². The molecule has 4 nitrogen and oxygen atoms in total. The van der Waals surface area contributed by atoms with Crippen LogP contribution in [0.4, 0.5) is 0 Å². The first kappa shape index (κ1) is 13.3. The molecule has 0 bridgehead atoms. The second-order valence-corrected chi connectivity index (χ2v) is 6.06. The topological polar surface area (TPSA) is 51.2 Å². The van der Waals surface area contributed by atoms with Crippen molar-refractivity contribution in [3.8, 4) is 11.5 Å². The molecule has 1 N–H and O–H groups in total. The Balaban J connectivity index is 1.89. The monoisotopic (exact) mass is 310 g/mol. The molecule has 0 aliphatic heterocycles. The molecular weight excluding hydrogens is 296 g/mol. The molecule has 0 fully saturated rings. The van der Waals surface area contributed by atoms with Crippen molar-refractivity contribution in [2.24, 2.45) is 0 Å². The standard InChI is InChI=1S/C17H14N2O2S/c20-11-12-7-8-16(21-12)17-14-5-1-2-6-15(14)18-19(17)10-13-4-3-9-22-13/h1-9,20H,10-11H2. The number of hydrogen-bond acceptors (Lipinski definition) is 4. The van der Waals surface area contributed by atoms with E-state index in [4.69, 9.17) is 9.52 Å². The van der Waals surface area contributed by atoms with Crippen LogP contribution in [0.3, 0.4) is 0 Å². The van der Waals surface area contributed by atoms with E-state index >= 15 is 0 Å². The number of aliphatic hydroxyl groups is 1. The summed E-state index contributed by atoms with van der Waals surface area (Å²) in [4.78, 5) is 1.24. The lowest BCUT2D eigenvalue weighted by Gasteiger charge is -2.04. The van der Waals surface area contributed by atoms with Gasteiger partial charge in [0.2, 0.25) is 0 Å². The Kier molecular flexibility index (Phi) is 3.29. The second-order valence-electron chi connectivity index (χ2n) is 5.03. The highest BCUT2D eigenvalue weighted by Crippen LogP contribution is 2.31. The van der Waals surface area contributed by atoms with Crippen LogP contribution in [0, 0.1) is 0 Å². The fourth-order valence-electron chi connectivity index (χ4n) is 2.59. The molecule has 0 aliphatic rings. The molecule has 0 spiro atoms. The van der Waals surface area contributed by atoms with E-state index < -0.39 is 0 Å². The van der Waals surface area contributed by atoms with Gasteiger partial charge in [0.05, 0.1) is 12.1 Å². The van der Waals surface area contributed by atoms with Crippen LogP contribution in [-0.4, -0.2) is 14.9 Å². The summed E-state index contributed by atoms with van der Waals surface area (Å²) in [7, 11) is 0. The van der Waals surface area contributed by atoms with Gasteiger partial charge in [0.1, 0.15) is 18.1 Å². The number of nitrogens with zero attached hydrogens (tertiary/aromatic N) is 2. The SMILES string of the molecule is OCc1ccc(-c2c3ccccc3nn2Cc2cccs2)o1. The van der Waals surface area contributed by atoms with Crippen LogP contribution in [0.2, 0.25) is 0 Å². The molecule has 4 rings (SSSR count). The number of benzene rings is 1. The molecule has 0 aliphatic carbocycles. The number of hydrogen-bond donors (Lipinski definition) is 1. The Morgan fingerprint density at radius 1 is 1.09 bits per heavy atom. The van der Waals surface area contributed by atoms with E-state index in [2.05, 4.69) is 11.4 Å². The summed E-state index contributed by atoms with van der Waals surface area (Å²) >= 11 is 1.71. The number of fused-ring (bicyclic) bond motifs is 1. The molecule has 3 aromatic heterocycles. The number of thiophene rings is 1. The molecule has 4 aromatic rings. The van der Waals surface area contributed by atoms with E-state index in [-0.39, 0.29) is 6.61 Å². The van der Waals surface area contributed by atoms with Crippen molar-refractivity contribution in [3.63, 3.8) is 0 Å². The first-order chi connectivity index (χ1) is 10.8. The van der Waals surface area contributed by atoms with Crippen LogP contribution in [0.1, 0.15) is 10.6 Å². The minimum absolute atomic E-state index is 0.100. The first-order valence-electron chi connectivity index (χ1n) is 7.03. The van der Waals surface area contributed by atoms with E-state index in [1.807, 2.05) is 41.1 Å². The largest absolute Gasteiger partial charge is 0.457 e. The van der Waals surface area contributed by atoms with Crippen molar-refractivity contribution in [2.75, 3.05) is 0 Å². The average Bonchev–Trinajstić information content (AvgIpc) is 3.25. The smallest absolute Gasteiger partial charge is 0.153 e. The zero-order valence-electron chi connectivity index (χ0n) is 11.8. The van der Waals surface area contributed by atoms with Crippen molar-refractivity contribution in [1.29, 1.82) is 0 Å². The van der Waals surface area contributed by atoms with Gasteiger partial charge in [-0.2, -0.15) is 5.10 Å². The molecular formula is C17H14N2O2S. The van der Waals surface area contributed by atoms with Crippen LogP contribution in [-0.2, 0) is 13.2 Å². The van der Waals surface area contributed by atoms with Gasteiger partial charge in [0.25, 0.3) is 0 Å². The van der Waals surface area contributed by atoms with Gasteiger partial charge in [-0.1, -0.05) is 24.3 Å². The summed E-state index contributed by atoms with van der Waals surface area (Å²) in [6, 6.07) is 15.9. The Morgan fingerprint density at radius 2 is 2.00 bits per heavy atom. The third-order valence-electron chi connectivity index (χ3n) is 3.58. The van der Waals surface area contributed by atoms with Gasteiger partial charge >= 0.3 is 0 Å². The van der Waals surface area contributed by atoms with Crippen molar-refractivity contribution < 1.29 is 9.52 Å². The summed E-state index contributed by atoms with van der Waals surface area (Å²) in [5, 5.41) is 17.0. The second kappa shape index (κ2) is 5.44. The molecule has 22 heavy (non-hydrogen) atoms. The Bertz CT molecular complexity index is 906. The fraction of sp³-hybridized carbons (Fsp3) is 0.118. The van der Waals surface area contributed by atoms with Gasteiger partial charge < -0.3 is 9.52 Å². The molecule has 0 saturated heterocycles. The van der Waals surface area contributed by atoms with E-state index in [1.54, 1.807) is 17.4 Å². The molecule has 0 saturated carbocycles.